The number of methoxy groups -OCH3 is 1. The molecule has 0 bridgehead atoms. The van der Waals surface area contributed by atoms with Gasteiger partial charge in [-0.15, -0.1) is 0 Å². The van der Waals surface area contributed by atoms with Crippen molar-refractivity contribution in [3.63, 3.8) is 0 Å². The highest BCUT2D eigenvalue weighted by atomic mass is 19.1. The quantitative estimate of drug-likeness (QED) is 0.897. The molecular weight excluding hydrogens is 271 g/mol. The summed E-state index contributed by atoms with van der Waals surface area (Å²) in [5.74, 6) is 0.502. The second-order valence-corrected chi connectivity index (χ2v) is 5.88. The fraction of sp³-hybridized carbons (Fsp3) is 0.625. The zero-order valence-corrected chi connectivity index (χ0v) is 13.1. The van der Waals surface area contributed by atoms with Crippen LogP contribution in [0.1, 0.15) is 19.4 Å². The fourth-order valence-corrected chi connectivity index (χ4v) is 2.94. The van der Waals surface area contributed by atoms with Crippen molar-refractivity contribution in [2.75, 3.05) is 33.3 Å². The predicted molar refractivity (Wildman–Crippen MR) is 80.9 cm³/mol. The van der Waals surface area contributed by atoms with Gasteiger partial charge in [0.05, 0.1) is 13.2 Å². The van der Waals surface area contributed by atoms with Crippen LogP contribution in [0.25, 0.3) is 0 Å². The third-order valence-electron chi connectivity index (χ3n) is 3.98. The van der Waals surface area contributed by atoms with Crippen LogP contribution >= 0.6 is 0 Å². The van der Waals surface area contributed by atoms with Crippen molar-refractivity contribution in [2.45, 2.75) is 32.5 Å². The van der Waals surface area contributed by atoms with E-state index in [9.17, 15) is 9.50 Å². The first kappa shape index (κ1) is 16.2. The van der Waals surface area contributed by atoms with Crippen molar-refractivity contribution < 1.29 is 14.2 Å². The monoisotopic (exact) mass is 296 g/mol. The summed E-state index contributed by atoms with van der Waals surface area (Å²) < 4.78 is 18.7. The molecule has 0 aliphatic carbocycles. The van der Waals surface area contributed by atoms with E-state index in [4.69, 9.17) is 4.74 Å². The van der Waals surface area contributed by atoms with Crippen LogP contribution in [0.5, 0.6) is 5.75 Å². The molecule has 0 saturated carbocycles. The van der Waals surface area contributed by atoms with Crippen molar-refractivity contribution in [2.24, 2.45) is 0 Å². The zero-order chi connectivity index (χ0) is 15.4. The molecule has 0 aromatic heterocycles. The summed E-state index contributed by atoms with van der Waals surface area (Å²) in [6, 6.07) is 5.03. The SMILES string of the molecule is COc1ccc(F)cc1CN1CCN(CC(C)O)C(C)C1. The summed E-state index contributed by atoms with van der Waals surface area (Å²) in [7, 11) is 1.61. The molecule has 1 N–H and O–H groups in total. The average Bonchev–Trinajstić information content (AvgIpc) is 2.42. The Morgan fingerprint density at radius 1 is 1.43 bits per heavy atom. The van der Waals surface area contributed by atoms with Gasteiger partial charge in [0.2, 0.25) is 0 Å². The number of hydrogen-bond donors (Lipinski definition) is 1. The van der Waals surface area contributed by atoms with Gasteiger partial charge in [0.15, 0.2) is 0 Å². The molecule has 1 fully saturated rings. The molecule has 0 spiro atoms. The van der Waals surface area contributed by atoms with Gasteiger partial charge in [-0.05, 0) is 32.0 Å². The molecule has 21 heavy (non-hydrogen) atoms. The molecule has 1 heterocycles. The second-order valence-electron chi connectivity index (χ2n) is 5.88. The predicted octanol–water partition coefficient (Wildman–Crippen LogP) is 1.72. The molecule has 2 rings (SSSR count). The maximum Gasteiger partial charge on any atom is 0.123 e. The molecular formula is C16H25FN2O2. The standard InChI is InChI=1S/C16H25FN2O2/c1-12-9-18(6-7-19(12)10-13(2)20)11-14-8-15(17)4-5-16(14)21-3/h4-5,8,12-13,20H,6-7,9-11H2,1-3H3. The van der Waals surface area contributed by atoms with Crippen LogP contribution in [0.4, 0.5) is 4.39 Å². The summed E-state index contributed by atoms with van der Waals surface area (Å²) in [4.78, 5) is 4.60. The summed E-state index contributed by atoms with van der Waals surface area (Å²) in [6.07, 6.45) is -0.303. The van der Waals surface area contributed by atoms with Crippen LogP contribution in [-0.4, -0.2) is 60.3 Å². The second kappa shape index (κ2) is 7.20. The number of ether oxygens (including phenoxy) is 1. The minimum absolute atomic E-state index is 0.230. The van der Waals surface area contributed by atoms with E-state index >= 15 is 0 Å². The van der Waals surface area contributed by atoms with E-state index in [1.807, 2.05) is 6.92 Å². The van der Waals surface area contributed by atoms with Gasteiger partial charge in [0.1, 0.15) is 11.6 Å². The van der Waals surface area contributed by atoms with Gasteiger partial charge in [0.25, 0.3) is 0 Å². The van der Waals surface area contributed by atoms with Gasteiger partial charge < -0.3 is 9.84 Å². The Kier molecular flexibility index (Phi) is 5.56. The molecule has 118 valence electrons. The van der Waals surface area contributed by atoms with E-state index in [0.717, 1.165) is 30.9 Å². The van der Waals surface area contributed by atoms with Gasteiger partial charge in [-0.3, -0.25) is 9.80 Å². The summed E-state index contributed by atoms with van der Waals surface area (Å²) >= 11 is 0. The summed E-state index contributed by atoms with van der Waals surface area (Å²) in [6.45, 7) is 8.12. The van der Waals surface area contributed by atoms with Crippen molar-refractivity contribution in [3.8, 4) is 5.75 Å². The first-order chi connectivity index (χ1) is 9.99. The van der Waals surface area contributed by atoms with Gasteiger partial charge in [0, 0.05) is 44.3 Å². The molecule has 1 saturated heterocycles. The number of hydrogen-bond acceptors (Lipinski definition) is 4. The van der Waals surface area contributed by atoms with Crippen molar-refractivity contribution in [1.29, 1.82) is 0 Å². The lowest BCUT2D eigenvalue weighted by molar-refractivity contribution is 0.0420. The fourth-order valence-electron chi connectivity index (χ4n) is 2.94. The molecule has 1 aromatic carbocycles. The number of aliphatic hydroxyl groups is 1. The van der Waals surface area contributed by atoms with Gasteiger partial charge in [-0.1, -0.05) is 0 Å². The van der Waals surface area contributed by atoms with Crippen molar-refractivity contribution in [1.82, 2.24) is 9.80 Å². The zero-order valence-electron chi connectivity index (χ0n) is 13.1. The lowest BCUT2D eigenvalue weighted by Gasteiger charge is -2.40. The van der Waals surface area contributed by atoms with Crippen LogP contribution in [-0.2, 0) is 6.54 Å². The van der Waals surface area contributed by atoms with E-state index < -0.39 is 0 Å². The minimum atomic E-state index is -0.303. The van der Waals surface area contributed by atoms with E-state index in [2.05, 4.69) is 16.7 Å². The van der Waals surface area contributed by atoms with Crippen molar-refractivity contribution in [3.05, 3.63) is 29.6 Å². The maximum absolute atomic E-state index is 13.4. The third kappa shape index (κ3) is 4.40. The highest BCUT2D eigenvalue weighted by Gasteiger charge is 2.25. The molecule has 5 heteroatoms. The van der Waals surface area contributed by atoms with Crippen LogP contribution in [0.2, 0.25) is 0 Å². The van der Waals surface area contributed by atoms with Gasteiger partial charge >= 0.3 is 0 Å². The Bertz CT molecular complexity index is 468. The normalized spacial score (nSPS) is 22.2. The molecule has 0 amide bonds. The first-order valence-electron chi connectivity index (χ1n) is 7.46. The number of aliphatic hydroxyl groups excluding tert-OH is 1. The smallest absolute Gasteiger partial charge is 0.123 e. The minimum Gasteiger partial charge on any atom is -0.496 e. The number of rotatable bonds is 5. The van der Waals surface area contributed by atoms with Crippen LogP contribution < -0.4 is 4.74 Å². The Morgan fingerprint density at radius 2 is 2.19 bits per heavy atom. The highest BCUT2D eigenvalue weighted by molar-refractivity contribution is 5.33. The largest absolute Gasteiger partial charge is 0.496 e. The number of nitrogens with zero attached hydrogens (tertiary/aromatic N) is 2. The molecule has 1 aliphatic heterocycles. The van der Waals surface area contributed by atoms with E-state index in [-0.39, 0.29) is 11.9 Å². The number of benzene rings is 1. The van der Waals surface area contributed by atoms with Crippen LogP contribution in [0, 0.1) is 5.82 Å². The Labute approximate surface area is 126 Å². The average molecular weight is 296 g/mol. The number of halogens is 1. The van der Waals surface area contributed by atoms with Gasteiger partial charge in [-0.25, -0.2) is 4.39 Å². The Balaban J connectivity index is 1.98. The summed E-state index contributed by atoms with van der Waals surface area (Å²) in [5, 5.41) is 9.51. The third-order valence-corrected chi connectivity index (χ3v) is 3.98. The lowest BCUT2D eigenvalue weighted by atomic mass is 10.1. The van der Waals surface area contributed by atoms with E-state index in [1.165, 1.54) is 6.07 Å². The first-order valence-corrected chi connectivity index (χ1v) is 7.46. The lowest BCUT2D eigenvalue weighted by Crippen LogP contribution is -2.53. The van der Waals surface area contributed by atoms with Crippen LogP contribution in [0.15, 0.2) is 18.2 Å². The molecule has 2 unspecified atom stereocenters. The molecule has 0 radical (unpaired) electrons. The van der Waals surface area contributed by atoms with Gasteiger partial charge in [-0.2, -0.15) is 0 Å². The highest BCUT2D eigenvalue weighted by Crippen LogP contribution is 2.22. The molecule has 4 nitrogen and oxygen atoms in total. The number of piperazine rings is 1. The summed E-state index contributed by atoms with van der Waals surface area (Å²) in [5.41, 5.74) is 0.883. The Hall–Kier alpha value is -1.17. The Morgan fingerprint density at radius 3 is 2.81 bits per heavy atom. The van der Waals surface area contributed by atoms with E-state index in [1.54, 1.807) is 19.2 Å². The van der Waals surface area contributed by atoms with Crippen LogP contribution in [0.3, 0.4) is 0 Å². The van der Waals surface area contributed by atoms with E-state index in [0.29, 0.717) is 19.1 Å². The molecule has 1 aliphatic rings. The number of β-amino-alcohol motifs (C(OH)–C–C–N with tert-alkyl or cyclic N) is 1. The van der Waals surface area contributed by atoms with Crippen molar-refractivity contribution >= 4 is 0 Å². The molecule has 2 atom stereocenters. The topological polar surface area (TPSA) is 35.9 Å². The molecule has 1 aromatic rings. The maximum atomic E-state index is 13.4.